The Labute approximate surface area is 131 Å². The summed E-state index contributed by atoms with van der Waals surface area (Å²) in [6, 6.07) is 11.6. The molecule has 2 aromatic rings. The quantitative estimate of drug-likeness (QED) is 0.857. The first-order valence-corrected chi connectivity index (χ1v) is 7.46. The van der Waals surface area contributed by atoms with Gasteiger partial charge in [-0.1, -0.05) is 25.1 Å². The van der Waals surface area contributed by atoms with Gasteiger partial charge in [-0.25, -0.2) is 4.39 Å². The number of carbonyl (C=O) groups excluding carboxylic acids is 1. The van der Waals surface area contributed by atoms with Crippen LogP contribution in [0.25, 0.3) is 0 Å². The molecule has 1 amide bonds. The molecule has 0 saturated carbocycles. The zero-order chi connectivity index (χ0) is 15.2. The summed E-state index contributed by atoms with van der Waals surface area (Å²) in [5.41, 5.74) is 2.15. The van der Waals surface area contributed by atoms with Gasteiger partial charge in [0.15, 0.2) is 0 Å². The fraction of sp³-hybridized carbons (Fsp3) is 0.188. The van der Waals surface area contributed by atoms with Crippen molar-refractivity contribution in [2.24, 2.45) is 0 Å². The lowest BCUT2D eigenvalue weighted by molar-refractivity contribution is 0.102. The van der Waals surface area contributed by atoms with Gasteiger partial charge in [0.2, 0.25) is 0 Å². The van der Waals surface area contributed by atoms with Gasteiger partial charge >= 0.3 is 0 Å². The van der Waals surface area contributed by atoms with Gasteiger partial charge in [0.25, 0.3) is 5.91 Å². The number of halogens is 2. The van der Waals surface area contributed by atoms with Crippen LogP contribution >= 0.6 is 15.9 Å². The maximum Gasteiger partial charge on any atom is 0.256 e. The van der Waals surface area contributed by atoms with E-state index in [0.717, 1.165) is 17.8 Å². The van der Waals surface area contributed by atoms with Crippen LogP contribution in [0.15, 0.2) is 46.9 Å². The third kappa shape index (κ3) is 4.12. The first kappa shape index (κ1) is 15.7. The smallest absolute Gasteiger partial charge is 0.256 e. The lowest BCUT2D eigenvalue weighted by atomic mass is 10.1. The highest BCUT2D eigenvalue weighted by molar-refractivity contribution is 9.10. The van der Waals surface area contributed by atoms with Crippen LogP contribution in [0.2, 0.25) is 0 Å². The van der Waals surface area contributed by atoms with E-state index in [0.29, 0.717) is 16.6 Å². The number of benzene rings is 2. The Morgan fingerprint density at radius 2 is 2.00 bits per heavy atom. The third-order valence-corrected chi connectivity index (χ3v) is 3.66. The lowest BCUT2D eigenvalue weighted by Gasteiger charge is -2.12. The number of nitrogens with one attached hydrogen (secondary N) is 2. The van der Waals surface area contributed by atoms with E-state index in [1.165, 1.54) is 18.2 Å². The zero-order valence-corrected chi connectivity index (χ0v) is 13.2. The van der Waals surface area contributed by atoms with E-state index in [4.69, 9.17) is 0 Å². The van der Waals surface area contributed by atoms with E-state index in [-0.39, 0.29) is 11.7 Å². The molecule has 0 atom stereocenters. The van der Waals surface area contributed by atoms with Crippen molar-refractivity contribution >= 4 is 27.5 Å². The minimum Gasteiger partial charge on any atom is -0.322 e. The van der Waals surface area contributed by atoms with Crippen molar-refractivity contribution in [2.45, 2.75) is 13.5 Å². The van der Waals surface area contributed by atoms with Gasteiger partial charge in [0.05, 0.1) is 5.56 Å². The van der Waals surface area contributed by atoms with Crippen LogP contribution in [-0.2, 0) is 6.54 Å². The number of hydrogen-bond donors (Lipinski definition) is 2. The Morgan fingerprint density at radius 1 is 1.24 bits per heavy atom. The van der Waals surface area contributed by atoms with Crippen molar-refractivity contribution in [2.75, 3.05) is 11.9 Å². The maximum absolute atomic E-state index is 13.1. The molecule has 0 fully saturated rings. The number of carbonyl (C=O) groups is 1. The van der Waals surface area contributed by atoms with E-state index in [9.17, 15) is 9.18 Å². The van der Waals surface area contributed by atoms with Crippen molar-refractivity contribution in [1.29, 1.82) is 0 Å². The van der Waals surface area contributed by atoms with Crippen LogP contribution in [0.1, 0.15) is 22.8 Å². The Kier molecular flexibility index (Phi) is 5.47. The molecule has 0 unspecified atom stereocenters. The Morgan fingerprint density at radius 3 is 2.71 bits per heavy atom. The van der Waals surface area contributed by atoms with Crippen molar-refractivity contribution < 1.29 is 9.18 Å². The lowest BCUT2D eigenvalue weighted by Crippen LogP contribution is -2.17. The Bertz CT molecular complexity index is 646. The SMILES string of the molecule is CCNCc1ccccc1NC(=O)c1ccc(F)cc1Br. The van der Waals surface area contributed by atoms with Crippen molar-refractivity contribution in [3.63, 3.8) is 0 Å². The molecular formula is C16H16BrFN2O. The molecule has 2 rings (SSSR count). The number of rotatable bonds is 5. The van der Waals surface area contributed by atoms with Crippen LogP contribution < -0.4 is 10.6 Å². The summed E-state index contributed by atoms with van der Waals surface area (Å²) in [6.07, 6.45) is 0. The zero-order valence-electron chi connectivity index (χ0n) is 11.6. The minimum absolute atomic E-state index is 0.272. The molecule has 0 saturated heterocycles. The summed E-state index contributed by atoms with van der Waals surface area (Å²) in [5, 5.41) is 6.09. The molecule has 0 spiro atoms. The van der Waals surface area contributed by atoms with E-state index in [1.807, 2.05) is 31.2 Å². The normalized spacial score (nSPS) is 10.4. The fourth-order valence-corrected chi connectivity index (χ4v) is 2.45. The molecular weight excluding hydrogens is 335 g/mol. The van der Waals surface area contributed by atoms with Gasteiger partial charge in [-0.15, -0.1) is 0 Å². The van der Waals surface area contributed by atoms with E-state index in [2.05, 4.69) is 26.6 Å². The molecule has 0 aliphatic heterocycles. The Hall–Kier alpha value is -1.72. The van der Waals surface area contributed by atoms with Gasteiger partial charge in [-0.3, -0.25) is 4.79 Å². The Balaban J connectivity index is 2.19. The molecule has 110 valence electrons. The van der Waals surface area contributed by atoms with Gasteiger partial charge < -0.3 is 10.6 Å². The van der Waals surface area contributed by atoms with Crippen LogP contribution in [0, 0.1) is 5.82 Å². The minimum atomic E-state index is -0.383. The second kappa shape index (κ2) is 7.33. The predicted octanol–water partition coefficient (Wildman–Crippen LogP) is 3.95. The first-order chi connectivity index (χ1) is 10.1. The molecule has 0 heterocycles. The molecule has 5 heteroatoms. The second-order valence-corrected chi connectivity index (χ2v) is 5.37. The van der Waals surface area contributed by atoms with Crippen molar-refractivity contribution in [3.05, 3.63) is 63.9 Å². The molecule has 0 radical (unpaired) electrons. The number of para-hydroxylation sites is 1. The molecule has 2 N–H and O–H groups in total. The van der Waals surface area contributed by atoms with Gasteiger partial charge in [-0.2, -0.15) is 0 Å². The maximum atomic E-state index is 13.1. The first-order valence-electron chi connectivity index (χ1n) is 6.67. The molecule has 21 heavy (non-hydrogen) atoms. The summed E-state index contributed by atoms with van der Waals surface area (Å²) >= 11 is 3.21. The van der Waals surface area contributed by atoms with E-state index >= 15 is 0 Å². The monoisotopic (exact) mass is 350 g/mol. The molecule has 3 nitrogen and oxygen atoms in total. The molecule has 0 aliphatic carbocycles. The molecule has 2 aromatic carbocycles. The number of hydrogen-bond acceptors (Lipinski definition) is 2. The van der Waals surface area contributed by atoms with Crippen molar-refractivity contribution in [1.82, 2.24) is 5.32 Å². The summed E-state index contributed by atoms with van der Waals surface area (Å²) < 4.78 is 13.5. The highest BCUT2D eigenvalue weighted by Crippen LogP contribution is 2.21. The molecule has 0 bridgehead atoms. The predicted molar refractivity (Wildman–Crippen MR) is 85.9 cm³/mol. The van der Waals surface area contributed by atoms with Gasteiger partial charge in [0.1, 0.15) is 5.82 Å². The second-order valence-electron chi connectivity index (χ2n) is 4.52. The average molecular weight is 351 g/mol. The van der Waals surface area contributed by atoms with E-state index < -0.39 is 0 Å². The van der Waals surface area contributed by atoms with Crippen LogP contribution in [0.3, 0.4) is 0 Å². The summed E-state index contributed by atoms with van der Waals surface area (Å²) in [7, 11) is 0. The highest BCUT2D eigenvalue weighted by atomic mass is 79.9. The molecule has 0 aliphatic rings. The average Bonchev–Trinajstić information content (AvgIpc) is 2.46. The highest BCUT2D eigenvalue weighted by Gasteiger charge is 2.12. The van der Waals surface area contributed by atoms with Crippen LogP contribution in [0.4, 0.5) is 10.1 Å². The molecule has 0 aromatic heterocycles. The third-order valence-electron chi connectivity index (χ3n) is 3.01. The summed E-state index contributed by atoms with van der Waals surface area (Å²) in [6.45, 7) is 3.56. The van der Waals surface area contributed by atoms with Crippen molar-refractivity contribution in [3.8, 4) is 0 Å². The largest absolute Gasteiger partial charge is 0.322 e. The van der Waals surface area contributed by atoms with Gasteiger partial charge in [-0.05, 0) is 52.3 Å². The topological polar surface area (TPSA) is 41.1 Å². The fourth-order valence-electron chi connectivity index (χ4n) is 1.92. The standard InChI is InChI=1S/C16H16BrFN2O/c1-2-19-10-11-5-3-4-6-15(11)20-16(21)13-8-7-12(18)9-14(13)17/h3-9,19H,2,10H2,1H3,(H,20,21). The summed E-state index contributed by atoms with van der Waals surface area (Å²) in [5.74, 6) is -0.656. The van der Waals surface area contributed by atoms with Crippen LogP contribution in [0.5, 0.6) is 0 Å². The number of amides is 1. The summed E-state index contributed by atoms with van der Waals surface area (Å²) in [4.78, 5) is 12.3. The van der Waals surface area contributed by atoms with E-state index in [1.54, 1.807) is 0 Å². The van der Waals surface area contributed by atoms with Gasteiger partial charge in [0, 0.05) is 16.7 Å². The van der Waals surface area contributed by atoms with Crippen LogP contribution in [-0.4, -0.2) is 12.5 Å². The number of anilines is 1.